The van der Waals surface area contributed by atoms with Gasteiger partial charge in [-0.3, -0.25) is 4.79 Å². The third-order valence-electron chi connectivity index (χ3n) is 6.29. The van der Waals surface area contributed by atoms with Crippen molar-refractivity contribution >= 4 is 5.91 Å². The Bertz CT molecular complexity index is 1060. The number of ether oxygens (including phenoxy) is 2. The first kappa shape index (κ1) is 19.7. The standard InChI is InChI=1S/C27H27NO3/c29-27(24-13-7-6-12-23(24)22-10-2-1-3-11-22)28(17-20-8-4-5-9-20)18-21-14-15-25-26(16-21)31-19-30-25/h1-3,6-7,10-16,20H,4-5,8-9,17-19H2. The summed E-state index contributed by atoms with van der Waals surface area (Å²) in [5, 5.41) is 0. The first-order valence-corrected chi connectivity index (χ1v) is 11.1. The quantitative estimate of drug-likeness (QED) is 0.504. The minimum atomic E-state index is 0.0871. The molecule has 0 unspecified atom stereocenters. The Balaban J connectivity index is 1.46. The molecule has 4 nitrogen and oxygen atoms in total. The monoisotopic (exact) mass is 413 g/mol. The number of benzene rings is 3. The summed E-state index contributed by atoms with van der Waals surface area (Å²) in [6, 6.07) is 24.1. The molecule has 3 aromatic rings. The predicted octanol–water partition coefficient (Wildman–Crippen LogP) is 5.91. The summed E-state index contributed by atoms with van der Waals surface area (Å²) in [7, 11) is 0. The molecule has 0 atom stereocenters. The van der Waals surface area contributed by atoms with Gasteiger partial charge in [0.05, 0.1) is 0 Å². The number of hydrogen-bond donors (Lipinski definition) is 0. The van der Waals surface area contributed by atoms with Crippen LogP contribution in [-0.4, -0.2) is 24.1 Å². The van der Waals surface area contributed by atoms with E-state index in [9.17, 15) is 4.79 Å². The highest BCUT2D eigenvalue weighted by Crippen LogP contribution is 2.34. The second-order valence-electron chi connectivity index (χ2n) is 8.44. The van der Waals surface area contributed by atoms with Crippen molar-refractivity contribution in [3.8, 4) is 22.6 Å². The first-order valence-electron chi connectivity index (χ1n) is 11.1. The highest BCUT2D eigenvalue weighted by molar-refractivity contribution is 6.00. The van der Waals surface area contributed by atoms with Crippen LogP contribution in [0, 0.1) is 5.92 Å². The van der Waals surface area contributed by atoms with Crippen molar-refractivity contribution in [3.63, 3.8) is 0 Å². The number of amides is 1. The summed E-state index contributed by atoms with van der Waals surface area (Å²) in [6.07, 6.45) is 4.92. The van der Waals surface area contributed by atoms with Gasteiger partial charge in [-0.2, -0.15) is 0 Å². The van der Waals surface area contributed by atoms with Crippen molar-refractivity contribution in [2.24, 2.45) is 5.92 Å². The van der Waals surface area contributed by atoms with Crippen LogP contribution in [0.1, 0.15) is 41.6 Å². The molecule has 0 N–H and O–H groups in total. The lowest BCUT2D eigenvalue weighted by Crippen LogP contribution is -2.34. The van der Waals surface area contributed by atoms with Crippen LogP contribution < -0.4 is 9.47 Å². The third kappa shape index (κ3) is 4.29. The number of nitrogens with zero attached hydrogens (tertiary/aromatic N) is 1. The first-order chi connectivity index (χ1) is 15.3. The zero-order chi connectivity index (χ0) is 21.0. The van der Waals surface area contributed by atoms with Gasteiger partial charge >= 0.3 is 0 Å². The molecule has 2 aliphatic rings. The Hall–Kier alpha value is -3.27. The van der Waals surface area contributed by atoms with Crippen LogP contribution in [0.15, 0.2) is 72.8 Å². The van der Waals surface area contributed by atoms with Gasteiger partial charge in [0.1, 0.15) is 0 Å². The average Bonchev–Trinajstić information content (AvgIpc) is 3.50. The van der Waals surface area contributed by atoms with Crippen molar-refractivity contribution in [3.05, 3.63) is 83.9 Å². The Labute approximate surface area is 183 Å². The predicted molar refractivity (Wildman–Crippen MR) is 121 cm³/mol. The van der Waals surface area contributed by atoms with E-state index >= 15 is 0 Å². The Morgan fingerprint density at radius 2 is 1.61 bits per heavy atom. The van der Waals surface area contributed by atoms with Crippen LogP contribution in [-0.2, 0) is 6.54 Å². The topological polar surface area (TPSA) is 38.8 Å². The maximum Gasteiger partial charge on any atom is 0.254 e. The molecule has 158 valence electrons. The summed E-state index contributed by atoms with van der Waals surface area (Å²) in [5.41, 5.74) is 3.87. The smallest absolute Gasteiger partial charge is 0.254 e. The van der Waals surface area contributed by atoms with Gasteiger partial charge in [0.25, 0.3) is 5.91 Å². The molecule has 1 amide bonds. The van der Waals surface area contributed by atoms with E-state index in [1.807, 2.05) is 65.6 Å². The summed E-state index contributed by atoms with van der Waals surface area (Å²) in [5.74, 6) is 2.19. The van der Waals surface area contributed by atoms with Gasteiger partial charge in [-0.1, -0.05) is 67.4 Å². The number of carbonyl (C=O) groups is 1. The van der Waals surface area contributed by atoms with Crippen molar-refractivity contribution in [1.29, 1.82) is 0 Å². The lowest BCUT2D eigenvalue weighted by atomic mass is 9.98. The van der Waals surface area contributed by atoms with E-state index in [-0.39, 0.29) is 12.7 Å². The molecule has 0 radical (unpaired) electrons. The van der Waals surface area contributed by atoms with E-state index < -0.39 is 0 Å². The fourth-order valence-electron chi connectivity index (χ4n) is 4.69. The van der Waals surface area contributed by atoms with Crippen molar-refractivity contribution in [2.75, 3.05) is 13.3 Å². The fourth-order valence-corrected chi connectivity index (χ4v) is 4.69. The van der Waals surface area contributed by atoms with Crippen LogP contribution in [0.2, 0.25) is 0 Å². The third-order valence-corrected chi connectivity index (χ3v) is 6.29. The molecule has 0 bridgehead atoms. The van der Waals surface area contributed by atoms with Crippen LogP contribution in [0.5, 0.6) is 11.5 Å². The van der Waals surface area contributed by atoms with Crippen LogP contribution in [0.25, 0.3) is 11.1 Å². The number of rotatable bonds is 6. The summed E-state index contributed by atoms with van der Waals surface area (Å²) < 4.78 is 11.0. The molecule has 0 aromatic heterocycles. The van der Waals surface area contributed by atoms with Gasteiger partial charge in [0.15, 0.2) is 11.5 Å². The molecule has 0 spiro atoms. The van der Waals surface area contributed by atoms with Gasteiger partial charge in [-0.05, 0) is 53.6 Å². The largest absolute Gasteiger partial charge is 0.454 e. The minimum absolute atomic E-state index is 0.0871. The van der Waals surface area contributed by atoms with Crippen molar-refractivity contribution in [2.45, 2.75) is 32.2 Å². The Morgan fingerprint density at radius 1 is 0.871 bits per heavy atom. The highest BCUT2D eigenvalue weighted by atomic mass is 16.7. The normalized spacial score (nSPS) is 15.2. The molecular weight excluding hydrogens is 386 g/mol. The highest BCUT2D eigenvalue weighted by Gasteiger charge is 2.25. The Morgan fingerprint density at radius 3 is 2.45 bits per heavy atom. The SMILES string of the molecule is O=C(c1ccccc1-c1ccccc1)N(Cc1ccc2c(c1)OCO2)CC1CCCC1. The van der Waals surface area contributed by atoms with Gasteiger partial charge in [0.2, 0.25) is 6.79 Å². The number of carbonyl (C=O) groups excluding carboxylic acids is 1. The van der Waals surface area contributed by atoms with Crippen LogP contribution >= 0.6 is 0 Å². The molecule has 1 aliphatic heterocycles. The average molecular weight is 414 g/mol. The molecule has 3 aromatic carbocycles. The second-order valence-corrected chi connectivity index (χ2v) is 8.44. The van der Waals surface area contributed by atoms with Gasteiger partial charge in [-0.25, -0.2) is 0 Å². The summed E-state index contributed by atoms with van der Waals surface area (Å²) in [6.45, 7) is 1.61. The molecule has 31 heavy (non-hydrogen) atoms. The maximum absolute atomic E-state index is 13.8. The molecule has 5 rings (SSSR count). The summed E-state index contributed by atoms with van der Waals surface area (Å²) in [4.78, 5) is 15.9. The molecule has 4 heteroatoms. The van der Waals surface area contributed by atoms with E-state index in [2.05, 4.69) is 12.1 Å². The lowest BCUT2D eigenvalue weighted by Gasteiger charge is -2.27. The van der Waals surface area contributed by atoms with E-state index in [1.54, 1.807) is 0 Å². The van der Waals surface area contributed by atoms with Crippen LogP contribution in [0.3, 0.4) is 0 Å². The minimum Gasteiger partial charge on any atom is -0.454 e. The van der Waals surface area contributed by atoms with Crippen molar-refractivity contribution < 1.29 is 14.3 Å². The van der Waals surface area contributed by atoms with E-state index in [1.165, 1.54) is 25.7 Å². The molecule has 1 saturated carbocycles. The van der Waals surface area contributed by atoms with E-state index in [0.717, 1.165) is 40.3 Å². The van der Waals surface area contributed by atoms with Crippen LogP contribution in [0.4, 0.5) is 0 Å². The molecule has 1 heterocycles. The number of fused-ring (bicyclic) bond motifs is 1. The lowest BCUT2D eigenvalue weighted by molar-refractivity contribution is 0.0715. The molecule has 0 saturated heterocycles. The van der Waals surface area contributed by atoms with Gasteiger partial charge in [-0.15, -0.1) is 0 Å². The van der Waals surface area contributed by atoms with E-state index in [0.29, 0.717) is 12.5 Å². The Kier molecular flexibility index (Phi) is 5.61. The molecular formula is C27H27NO3. The maximum atomic E-state index is 13.8. The summed E-state index contributed by atoms with van der Waals surface area (Å²) >= 11 is 0. The van der Waals surface area contributed by atoms with E-state index in [4.69, 9.17) is 9.47 Å². The van der Waals surface area contributed by atoms with Gasteiger partial charge < -0.3 is 14.4 Å². The molecule has 1 fully saturated rings. The zero-order valence-electron chi connectivity index (χ0n) is 17.6. The number of hydrogen-bond acceptors (Lipinski definition) is 3. The van der Waals surface area contributed by atoms with Gasteiger partial charge in [0, 0.05) is 18.7 Å². The zero-order valence-corrected chi connectivity index (χ0v) is 17.6. The molecule has 1 aliphatic carbocycles. The fraction of sp³-hybridized carbons (Fsp3) is 0.296. The second kappa shape index (κ2) is 8.84. The van der Waals surface area contributed by atoms with Crippen molar-refractivity contribution in [1.82, 2.24) is 4.90 Å².